The third-order valence-electron chi connectivity index (χ3n) is 3.14. The second-order valence-corrected chi connectivity index (χ2v) is 4.54. The summed E-state index contributed by atoms with van der Waals surface area (Å²) in [5.41, 5.74) is 2.75. The van der Waals surface area contributed by atoms with E-state index >= 15 is 0 Å². The molecule has 104 valence electrons. The van der Waals surface area contributed by atoms with E-state index in [1.807, 2.05) is 25.1 Å². The number of hydrogen-bond donors (Lipinski definition) is 2. The summed E-state index contributed by atoms with van der Waals surface area (Å²) in [5, 5.41) is 6.58. The van der Waals surface area contributed by atoms with Gasteiger partial charge in [-0.1, -0.05) is 0 Å². The predicted molar refractivity (Wildman–Crippen MR) is 76.9 cm³/mol. The van der Waals surface area contributed by atoms with Gasteiger partial charge in [0.25, 0.3) is 5.91 Å². The molecule has 0 aliphatic carbocycles. The van der Waals surface area contributed by atoms with Gasteiger partial charge in [0.1, 0.15) is 0 Å². The van der Waals surface area contributed by atoms with Crippen LogP contribution in [0.1, 0.15) is 17.3 Å². The molecule has 0 spiro atoms. The van der Waals surface area contributed by atoms with E-state index in [0.29, 0.717) is 25.3 Å². The van der Waals surface area contributed by atoms with Crippen molar-refractivity contribution in [1.29, 1.82) is 0 Å². The molecule has 5 nitrogen and oxygen atoms in total. The van der Waals surface area contributed by atoms with Gasteiger partial charge in [-0.25, -0.2) is 0 Å². The van der Waals surface area contributed by atoms with Crippen molar-refractivity contribution in [3.63, 3.8) is 0 Å². The molecule has 19 heavy (non-hydrogen) atoms. The Bertz CT molecular complexity index is 448. The molecular weight excluding hydrogens is 242 g/mol. The highest BCUT2D eigenvalue weighted by Crippen LogP contribution is 2.25. The Morgan fingerprint density at radius 3 is 2.79 bits per heavy atom. The van der Waals surface area contributed by atoms with Crippen LogP contribution in [-0.4, -0.2) is 50.7 Å². The molecule has 5 heteroatoms. The van der Waals surface area contributed by atoms with E-state index in [2.05, 4.69) is 10.6 Å². The highest BCUT2D eigenvalue weighted by Gasteiger charge is 2.15. The second kappa shape index (κ2) is 6.43. The molecule has 1 aromatic carbocycles. The maximum atomic E-state index is 12.2. The van der Waals surface area contributed by atoms with Gasteiger partial charge >= 0.3 is 0 Å². The van der Waals surface area contributed by atoms with Crippen LogP contribution >= 0.6 is 0 Å². The van der Waals surface area contributed by atoms with Gasteiger partial charge in [0, 0.05) is 38.9 Å². The third-order valence-corrected chi connectivity index (χ3v) is 3.14. The van der Waals surface area contributed by atoms with Crippen LogP contribution in [0.15, 0.2) is 18.2 Å². The number of nitrogens with one attached hydrogen (secondary N) is 2. The molecule has 0 bridgehead atoms. The number of benzene rings is 1. The molecule has 1 aliphatic heterocycles. The van der Waals surface area contributed by atoms with Crippen LogP contribution in [0.3, 0.4) is 0 Å². The number of rotatable bonds is 5. The lowest BCUT2D eigenvalue weighted by Gasteiger charge is -2.22. The number of hydrogen-bond acceptors (Lipinski definition) is 4. The van der Waals surface area contributed by atoms with Crippen molar-refractivity contribution in [1.82, 2.24) is 4.90 Å². The Hall–Kier alpha value is -1.75. The summed E-state index contributed by atoms with van der Waals surface area (Å²) in [4.78, 5) is 13.9. The summed E-state index contributed by atoms with van der Waals surface area (Å²) in [6, 6.07) is 5.71. The number of amides is 1. The smallest absolute Gasteiger partial charge is 0.253 e. The van der Waals surface area contributed by atoms with Gasteiger partial charge in [-0.15, -0.1) is 0 Å². The monoisotopic (exact) mass is 263 g/mol. The molecule has 0 saturated heterocycles. The number of carbonyl (C=O) groups excluding carboxylic acids is 1. The minimum absolute atomic E-state index is 0.0230. The molecule has 1 aromatic rings. The van der Waals surface area contributed by atoms with Crippen LogP contribution in [-0.2, 0) is 4.74 Å². The molecule has 0 aromatic heterocycles. The standard InChI is InChI=1S/C14H21N3O2/c1-3-19-9-8-17(2)14(18)11-4-5-12-13(10-11)16-7-6-15-12/h4-5,10,15-16H,3,6-9H2,1-2H3. The lowest BCUT2D eigenvalue weighted by molar-refractivity contribution is 0.0710. The van der Waals surface area contributed by atoms with Gasteiger partial charge < -0.3 is 20.3 Å². The Kier molecular flexibility index (Phi) is 4.63. The van der Waals surface area contributed by atoms with Crippen molar-refractivity contribution in [2.75, 3.05) is 50.5 Å². The summed E-state index contributed by atoms with van der Waals surface area (Å²) in [5.74, 6) is 0.0230. The summed E-state index contributed by atoms with van der Waals surface area (Å²) in [6.07, 6.45) is 0. The maximum Gasteiger partial charge on any atom is 0.253 e. The quantitative estimate of drug-likeness (QED) is 0.793. The van der Waals surface area contributed by atoms with Gasteiger partial charge in [-0.05, 0) is 25.1 Å². The molecular formula is C14H21N3O2. The van der Waals surface area contributed by atoms with Crippen molar-refractivity contribution in [2.24, 2.45) is 0 Å². The first-order valence-corrected chi connectivity index (χ1v) is 6.67. The van der Waals surface area contributed by atoms with Crippen LogP contribution in [0, 0.1) is 0 Å². The molecule has 2 N–H and O–H groups in total. The molecule has 0 fully saturated rings. The molecule has 0 unspecified atom stereocenters. The highest BCUT2D eigenvalue weighted by molar-refractivity contribution is 5.96. The molecule has 0 atom stereocenters. The summed E-state index contributed by atoms with van der Waals surface area (Å²) < 4.78 is 5.26. The summed E-state index contributed by atoms with van der Waals surface area (Å²) in [6.45, 7) is 5.60. The van der Waals surface area contributed by atoms with E-state index in [0.717, 1.165) is 24.5 Å². The normalized spacial score (nSPS) is 13.2. The number of fused-ring (bicyclic) bond motifs is 1. The first kappa shape index (κ1) is 13.7. The SMILES string of the molecule is CCOCCN(C)C(=O)c1ccc2c(c1)NCCN2. The van der Waals surface area contributed by atoms with E-state index in [4.69, 9.17) is 4.74 Å². The number of carbonyl (C=O) groups is 1. The topological polar surface area (TPSA) is 53.6 Å². The number of anilines is 2. The van der Waals surface area contributed by atoms with E-state index in [9.17, 15) is 4.79 Å². The predicted octanol–water partition coefficient (Wildman–Crippen LogP) is 1.63. The Morgan fingerprint density at radius 1 is 1.32 bits per heavy atom. The number of likely N-dealkylation sites (N-methyl/N-ethyl adjacent to an activating group) is 1. The van der Waals surface area contributed by atoms with Gasteiger partial charge in [0.05, 0.1) is 18.0 Å². The average Bonchev–Trinajstić information content (AvgIpc) is 2.46. The van der Waals surface area contributed by atoms with E-state index in [1.54, 1.807) is 11.9 Å². The molecule has 1 amide bonds. The molecule has 2 rings (SSSR count). The zero-order valence-corrected chi connectivity index (χ0v) is 11.5. The van der Waals surface area contributed by atoms with Crippen molar-refractivity contribution in [2.45, 2.75) is 6.92 Å². The third kappa shape index (κ3) is 3.38. The first-order valence-electron chi connectivity index (χ1n) is 6.67. The minimum atomic E-state index is 0.0230. The van der Waals surface area contributed by atoms with Gasteiger partial charge in [-0.2, -0.15) is 0 Å². The van der Waals surface area contributed by atoms with Crippen LogP contribution < -0.4 is 10.6 Å². The maximum absolute atomic E-state index is 12.2. The van der Waals surface area contributed by atoms with Crippen LogP contribution in [0.2, 0.25) is 0 Å². The van der Waals surface area contributed by atoms with E-state index in [1.165, 1.54) is 0 Å². The lowest BCUT2D eigenvalue weighted by atomic mass is 10.1. The molecule has 1 heterocycles. The first-order chi connectivity index (χ1) is 9.22. The van der Waals surface area contributed by atoms with Crippen LogP contribution in [0.5, 0.6) is 0 Å². The van der Waals surface area contributed by atoms with Gasteiger partial charge in [-0.3, -0.25) is 4.79 Å². The van der Waals surface area contributed by atoms with Gasteiger partial charge in [0.15, 0.2) is 0 Å². The van der Waals surface area contributed by atoms with Crippen LogP contribution in [0.25, 0.3) is 0 Å². The minimum Gasteiger partial charge on any atom is -0.382 e. The lowest BCUT2D eigenvalue weighted by Crippen LogP contribution is -2.30. The zero-order valence-electron chi connectivity index (χ0n) is 11.5. The van der Waals surface area contributed by atoms with E-state index < -0.39 is 0 Å². The molecule has 1 aliphatic rings. The number of nitrogens with zero attached hydrogens (tertiary/aromatic N) is 1. The molecule has 0 saturated carbocycles. The van der Waals surface area contributed by atoms with Gasteiger partial charge in [0.2, 0.25) is 0 Å². The highest BCUT2D eigenvalue weighted by atomic mass is 16.5. The second-order valence-electron chi connectivity index (χ2n) is 4.54. The largest absolute Gasteiger partial charge is 0.382 e. The number of ether oxygens (including phenoxy) is 1. The fourth-order valence-corrected chi connectivity index (χ4v) is 2.04. The van der Waals surface area contributed by atoms with Crippen molar-refractivity contribution in [3.05, 3.63) is 23.8 Å². The fraction of sp³-hybridized carbons (Fsp3) is 0.500. The van der Waals surface area contributed by atoms with Crippen molar-refractivity contribution >= 4 is 17.3 Å². The Labute approximate surface area is 113 Å². The van der Waals surface area contributed by atoms with Crippen molar-refractivity contribution < 1.29 is 9.53 Å². The zero-order chi connectivity index (χ0) is 13.7. The summed E-state index contributed by atoms with van der Waals surface area (Å²) >= 11 is 0. The Morgan fingerprint density at radius 2 is 2.05 bits per heavy atom. The van der Waals surface area contributed by atoms with Crippen LogP contribution in [0.4, 0.5) is 11.4 Å². The van der Waals surface area contributed by atoms with Crippen molar-refractivity contribution in [3.8, 4) is 0 Å². The fourth-order valence-electron chi connectivity index (χ4n) is 2.04. The average molecular weight is 263 g/mol. The molecule has 0 radical (unpaired) electrons. The van der Waals surface area contributed by atoms with E-state index in [-0.39, 0.29) is 5.91 Å². The summed E-state index contributed by atoms with van der Waals surface area (Å²) in [7, 11) is 1.80. The Balaban J connectivity index is 2.02.